The average molecular weight is 873 g/mol. The van der Waals surface area contributed by atoms with Crippen molar-refractivity contribution in [1.82, 2.24) is 30.5 Å². The van der Waals surface area contributed by atoms with Gasteiger partial charge in [0.05, 0.1) is 43.2 Å². The Kier molecular flexibility index (Phi) is 14.1. The van der Waals surface area contributed by atoms with Crippen molar-refractivity contribution >= 4 is 53.3 Å². The van der Waals surface area contributed by atoms with Gasteiger partial charge in [0.1, 0.15) is 0 Å². The first-order chi connectivity index (χ1) is 28.8. The number of nitrogens with one attached hydrogen (secondary N) is 2. The molecule has 6 N–H and O–H groups in total. The molecule has 1 saturated heterocycles. The molecule has 0 unspecified atom stereocenters. The number of ether oxygens (including phenoxy) is 1. The molecule has 6 rings (SSSR count). The number of sulfone groups is 2. The maximum Gasteiger partial charge on any atom is 0.264 e. The average Bonchev–Trinajstić information content (AvgIpc) is 3.83. The van der Waals surface area contributed by atoms with Crippen LogP contribution in [0.4, 0.5) is 0 Å². The molecule has 17 nitrogen and oxygen atoms in total. The predicted molar refractivity (Wildman–Crippen MR) is 224 cm³/mol. The van der Waals surface area contributed by atoms with E-state index in [9.17, 15) is 31.5 Å². The number of nitrogens with zero attached hydrogens (tertiary/aromatic N) is 4. The van der Waals surface area contributed by atoms with Crippen molar-refractivity contribution in [2.75, 3.05) is 25.7 Å². The van der Waals surface area contributed by atoms with E-state index in [-0.39, 0.29) is 45.8 Å². The van der Waals surface area contributed by atoms with E-state index < -0.39 is 46.6 Å². The number of rotatable bonds is 11. The lowest BCUT2D eigenvalue weighted by Gasteiger charge is -2.30. The third kappa shape index (κ3) is 10.6. The van der Waals surface area contributed by atoms with Gasteiger partial charge in [0.2, 0.25) is 0 Å². The first kappa shape index (κ1) is 46.0. The summed E-state index contributed by atoms with van der Waals surface area (Å²) in [6.45, 7) is 3.22. The molecule has 320 valence electrons. The normalized spacial score (nSPS) is 15.1. The Morgan fingerprint density at radius 1 is 0.738 bits per heavy atom. The van der Waals surface area contributed by atoms with Gasteiger partial charge in [-0.3, -0.25) is 29.4 Å². The minimum atomic E-state index is -3.78. The first-order valence-corrected chi connectivity index (χ1v) is 22.3. The molecule has 5 aromatic rings. The van der Waals surface area contributed by atoms with E-state index in [0.717, 1.165) is 51.0 Å². The summed E-state index contributed by atoms with van der Waals surface area (Å²) in [4.78, 5) is 23.9. The summed E-state index contributed by atoms with van der Waals surface area (Å²) in [6, 6.07) is 18.2. The Labute approximate surface area is 352 Å². The topological polar surface area (TPSA) is 252 Å². The van der Waals surface area contributed by atoms with Crippen LogP contribution >= 0.6 is 0 Å². The van der Waals surface area contributed by atoms with E-state index in [4.69, 9.17) is 20.3 Å². The molecule has 2 amide bonds. The second-order valence-electron chi connectivity index (χ2n) is 14.8. The number of fused-ring (bicyclic) bond motifs is 2. The van der Waals surface area contributed by atoms with Crippen LogP contribution in [0.3, 0.4) is 0 Å². The SMILES string of the molecule is C[C@@](CCn1ncc2cc(C#CC#CC3(O)COC3)ccc21)(C(=O)NO)S(C)(=O)=O.C[C@@](CCn1ncc2cc(C#Cc3ccc(CO)cc3)ccc21)(C(=O)NO)S(C)(=O)=O. The maximum absolute atomic E-state index is 12.1. The molecule has 3 heterocycles. The smallest absolute Gasteiger partial charge is 0.264 e. The lowest BCUT2D eigenvalue weighted by molar-refractivity contribution is -0.140. The largest absolute Gasteiger partial charge is 0.392 e. The molecule has 1 aliphatic rings. The number of hydrogen-bond acceptors (Lipinski definition) is 13. The van der Waals surface area contributed by atoms with Gasteiger partial charge >= 0.3 is 0 Å². The number of hydroxylamine groups is 2. The predicted octanol–water partition coefficient (Wildman–Crippen LogP) is 1.48. The van der Waals surface area contributed by atoms with Crippen molar-refractivity contribution in [2.24, 2.45) is 0 Å². The minimum Gasteiger partial charge on any atom is -0.392 e. The maximum atomic E-state index is 12.1. The van der Waals surface area contributed by atoms with Crippen LogP contribution in [0, 0.1) is 35.5 Å². The van der Waals surface area contributed by atoms with Crippen LogP contribution in [-0.2, 0) is 53.7 Å². The van der Waals surface area contributed by atoms with Crippen molar-refractivity contribution in [3.8, 4) is 35.5 Å². The van der Waals surface area contributed by atoms with Gasteiger partial charge in [-0.25, -0.2) is 27.8 Å². The van der Waals surface area contributed by atoms with Crippen LogP contribution in [0.15, 0.2) is 73.1 Å². The van der Waals surface area contributed by atoms with Crippen LogP contribution in [0.5, 0.6) is 0 Å². The Bertz CT molecular complexity index is 2870. The summed E-state index contributed by atoms with van der Waals surface area (Å²) in [5.41, 5.74) is 6.44. The van der Waals surface area contributed by atoms with E-state index >= 15 is 0 Å². The van der Waals surface area contributed by atoms with Crippen LogP contribution in [0.25, 0.3) is 21.8 Å². The molecular formula is C42H44N6O11S2. The van der Waals surface area contributed by atoms with E-state index in [0.29, 0.717) is 5.56 Å². The van der Waals surface area contributed by atoms with Crippen LogP contribution < -0.4 is 11.0 Å². The molecule has 0 spiro atoms. The van der Waals surface area contributed by atoms with Gasteiger partial charge in [-0.2, -0.15) is 10.2 Å². The lowest BCUT2D eigenvalue weighted by atomic mass is 10.0. The molecule has 61 heavy (non-hydrogen) atoms. The number of aromatic nitrogens is 4. The third-order valence-electron chi connectivity index (χ3n) is 10.4. The third-order valence-corrected chi connectivity index (χ3v) is 14.5. The van der Waals surface area contributed by atoms with Gasteiger partial charge in [0, 0.05) is 53.1 Å². The van der Waals surface area contributed by atoms with Crippen molar-refractivity contribution < 1.29 is 51.8 Å². The van der Waals surface area contributed by atoms with E-state index in [2.05, 4.69) is 45.7 Å². The Morgan fingerprint density at radius 2 is 1.18 bits per heavy atom. The second-order valence-corrected chi connectivity index (χ2v) is 19.7. The quantitative estimate of drug-likeness (QED) is 0.0626. The number of aliphatic hydroxyl groups is 2. The summed E-state index contributed by atoms with van der Waals surface area (Å²) in [6.07, 6.45) is 5.06. The number of aryl methyl sites for hydroxylation is 2. The standard InChI is InChI=1S/C22H23N3O5S.C20H21N3O6S/c1-22(21(27)24-28,31(2,29)30)11-12-25-20-10-9-17(13-19(20)14-23-25)6-3-16-4-7-18(15-26)8-5-16;1-19(18(24)22-26,30(2,27)28)9-10-23-17-7-6-15(11-16(17)12-21-23)5-3-4-8-20(25)13-29-14-20/h4-5,7-10,13-14,26,28H,11-12,15H2,1-2H3,(H,24,27);6-7,11-12,25-26H,9-10,13-14H2,1-2H3,(H,22,24)/t22-;19-/m11/s1. The highest BCUT2D eigenvalue weighted by atomic mass is 32.2. The van der Waals surface area contributed by atoms with Crippen molar-refractivity contribution in [3.63, 3.8) is 0 Å². The number of benzene rings is 3. The molecule has 3 aromatic carbocycles. The molecule has 0 radical (unpaired) electrons. The van der Waals surface area contributed by atoms with Gasteiger partial charge in [-0.15, -0.1) is 0 Å². The second kappa shape index (κ2) is 18.7. The number of carbonyl (C=O) groups excluding carboxylic acids is 2. The highest BCUT2D eigenvalue weighted by Crippen LogP contribution is 2.26. The Morgan fingerprint density at radius 3 is 1.59 bits per heavy atom. The van der Waals surface area contributed by atoms with Gasteiger partial charge < -0.3 is 14.9 Å². The Balaban J connectivity index is 0.000000231. The molecule has 0 bridgehead atoms. The fourth-order valence-electron chi connectivity index (χ4n) is 5.95. The molecule has 2 atom stereocenters. The zero-order valence-corrected chi connectivity index (χ0v) is 35.3. The molecule has 0 aliphatic carbocycles. The molecule has 19 heteroatoms. The number of aliphatic hydroxyl groups excluding tert-OH is 1. The highest BCUT2D eigenvalue weighted by molar-refractivity contribution is 7.93. The molecule has 1 aliphatic heterocycles. The minimum absolute atomic E-state index is 0.0115. The van der Waals surface area contributed by atoms with Gasteiger partial charge in [-0.05, 0) is 98.5 Å². The summed E-state index contributed by atoms with van der Waals surface area (Å²) >= 11 is 0. The lowest BCUT2D eigenvalue weighted by Crippen LogP contribution is -2.49. The fraction of sp³-hybridized carbons (Fsp3) is 0.333. The molecule has 0 saturated carbocycles. The zero-order chi connectivity index (χ0) is 44.6. The summed E-state index contributed by atoms with van der Waals surface area (Å²) < 4.78 is 52.9. The van der Waals surface area contributed by atoms with Crippen LogP contribution in [-0.4, -0.2) is 110 Å². The fourth-order valence-corrected chi connectivity index (χ4v) is 7.64. The molecular weight excluding hydrogens is 829 g/mol. The molecule has 1 fully saturated rings. The Hall–Kier alpha value is -6.08. The number of amides is 2. The van der Waals surface area contributed by atoms with E-state index in [1.54, 1.807) is 33.9 Å². The van der Waals surface area contributed by atoms with Crippen molar-refractivity contribution in [2.45, 2.75) is 61.5 Å². The van der Waals surface area contributed by atoms with Crippen LogP contribution in [0.2, 0.25) is 0 Å². The van der Waals surface area contributed by atoms with Gasteiger partial charge in [0.25, 0.3) is 11.8 Å². The summed E-state index contributed by atoms with van der Waals surface area (Å²) in [7, 11) is -7.55. The van der Waals surface area contributed by atoms with Crippen LogP contribution in [0.1, 0.15) is 48.9 Å². The first-order valence-electron chi connectivity index (χ1n) is 18.5. The van der Waals surface area contributed by atoms with Gasteiger partial charge in [-0.1, -0.05) is 29.9 Å². The van der Waals surface area contributed by atoms with E-state index in [1.807, 2.05) is 48.5 Å². The van der Waals surface area contributed by atoms with Gasteiger partial charge in [0.15, 0.2) is 34.8 Å². The number of carbonyl (C=O) groups is 2. The number of hydrogen-bond donors (Lipinski definition) is 6. The zero-order valence-electron chi connectivity index (χ0n) is 33.6. The van der Waals surface area contributed by atoms with E-state index in [1.165, 1.54) is 24.8 Å². The molecule has 2 aromatic heterocycles. The highest BCUT2D eigenvalue weighted by Gasteiger charge is 2.44. The summed E-state index contributed by atoms with van der Waals surface area (Å²) in [5, 5.41) is 46.9. The monoisotopic (exact) mass is 872 g/mol. The van der Waals surface area contributed by atoms with Crippen molar-refractivity contribution in [3.05, 3.63) is 95.3 Å². The van der Waals surface area contributed by atoms with Crippen molar-refractivity contribution in [1.29, 1.82) is 0 Å². The summed E-state index contributed by atoms with van der Waals surface area (Å²) in [5.74, 6) is 15.1.